The predicted octanol–water partition coefficient (Wildman–Crippen LogP) is 1.55. The molecule has 1 heterocycles. The first-order chi connectivity index (χ1) is 10.8. The molecule has 1 aromatic carbocycles. The molecule has 0 atom stereocenters. The van der Waals surface area contributed by atoms with Crippen molar-refractivity contribution in [1.29, 1.82) is 0 Å². The molecule has 0 bridgehead atoms. The van der Waals surface area contributed by atoms with E-state index in [2.05, 4.69) is 27.8 Å². The summed E-state index contributed by atoms with van der Waals surface area (Å²) in [4.78, 5) is 15.9. The standard InChI is InChI=1S/C17H22N4O/c22-17(11-19-9-14-5-6-14)20-10-15-3-1-2-4-16(15)12-21-8-7-18-13-21/h1-4,7-8,13-14,19H,5-6,9-12H2,(H,20,22). The third-order valence-electron chi connectivity index (χ3n) is 3.92. The van der Waals surface area contributed by atoms with Crippen LogP contribution in [0.2, 0.25) is 0 Å². The van der Waals surface area contributed by atoms with Crippen LogP contribution in [0.3, 0.4) is 0 Å². The van der Waals surface area contributed by atoms with Crippen molar-refractivity contribution in [1.82, 2.24) is 20.2 Å². The lowest BCUT2D eigenvalue weighted by molar-refractivity contribution is -0.120. The molecule has 0 unspecified atom stereocenters. The molecule has 1 aliphatic rings. The zero-order valence-corrected chi connectivity index (χ0v) is 12.7. The van der Waals surface area contributed by atoms with Gasteiger partial charge in [-0.05, 0) is 36.4 Å². The van der Waals surface area contributed by atoms with Crippen molar-refractivity contribution in [3.05, 3.63) is 54.1 Å². The SMILES string of the molecule is O=C(CNCC1CC1)NCc1ccccc1Cn1ccnc1. The number of nitrogens with one attached hydrogen (secondary N) is 2. The number of aromatic nitrogens is 2. The highest BCUT2D eigenvalue weighted by atomic mass is 16.1. The van der Waals surface area contributed by atoms with Crippen LogP contribution in [0, 0.1) is 5.92 Å². The highest BCUT2D eigenvalue weighted by Crippen LogP contribution is 2.27. The van der Waals surface area contributed by atoms with Gasteiger partial charge in [0.1, 0.15) is 0 Å². The van der Waals surface area contributed by atoms with E-state index in [0.29, 0.717) is 13.1 Å². The zero-order chi connectivity index (χ0) is 15.2. The topological polar surface area (TPSA) is 59.0 Å². The van der Waals surface area contributed by atoms with E-state index >= 15 is 0 Å². The monoisotopic (exact) mass is 298 g/mol. The number of hydrogen-bond donors (Lipinski definition) is 2. The maximum absolute atomic E-state index is 11.9. The van der Waals surface area contributed by atoms with E-state index in [1.807, 2.05) is 22.9 Å². The fourth-order valence-electron chi connectivity index (χ4n) is 2.43. The molecule has 1 aromatic heterocycles. The van der Waals surface area contributed by atoms with Gasteiger partial charge in [0.2, 0.25) is 5.91 Å². The predicted molar refractivity (Wildman–Crippen MR) is 85.2 cm³/mol. The second-order valence-electron chi connectivity index (χ2n) is 5.85. The molecule has 2 aromatic rings. The summed E-state index contributed by atoms with van der Waals surface area (Å²) >= 11 is 0. The Bertz CT molecular complexity index is 605. The normalized spacial score (nSPS) is 14.0. The first-order valence-electron chi connectivity index (χ1n) is 7.81. The third-order valence-corrected chi connectivity index (χ3v) is 3.92. The Morgan fingerprint density at radius 1 is 1.27 bits per heavy atom. The van der Waals surface area contributed by atoms with Crippen molar-refractivity contribution < 1.29 is 4.79 Å². The number of hydrogen-bond acceptors (Lipinski definition) is 3. The Balaban J connectivity index is 1.49. The quantitative estimate of drug-likeness (QED) is 0.777. The van der Waals surface area contributed by atoms with Crippen LogP contribution in [0.15, 0.2) is 43.0 Å². The van der Waals surface area contributed by atoms with Crippen LogP contribution in [0.1, 0.15) is 24.0 Å². The van der Waals surface area contributed by atoms with E-state index < -0.39 is 0 Å². The van der Waals surface area contributed by atoms with Crippen LogP contribution in [-0.2, 0) is 17.9 Å². The molecule has 5 heteroatoms. The number of imidazole rings is 1. The van der Waals surface area contributed by atoms with Gasteiger partial charge in [-0.15, -0.1) is 0 Å². The highest BCUT2D eigenvalue weighted by Gasteiger charge is 2.20. The summed E-state index contributed by atoms with van der Waals surface area (Å²) < 4.78 is 2.03. The minimum Gasteiger partial charge on any atom is -0.351 e. The minimum atomic E-state index is 0.0538. The fourth-order valence-corrected chi connectivity index (χ4v) is 2.43. The van der Waals surface area contributed by atoms with E-state index in [9.17, 15) is 4.79 Å². The number of benzene rings is 1. The maximum atomic E-state index is 11.9. The van der Waals surface area contributed by atoms with Gasteiger partial charge >= 0.3 is 0 Å². The van der Waals surface area contributed by atoms with Crippen LogP contribution in [0.4, 0.5) is 0 Å². The molecule has 3 rings (SSSR count). The Kier molecular flexibility index (Phi) is 4.85. The number of amides is 1. The Morgan fingerprint density at radius 2 is 2.09 bits per heavy atom. The smallest absolute Gasteiger partial charge is 0.234 e. The molecule has 1 saturated carbocycles. The number of nitrogens with zero attached hydrogens (tertiary/aromatic N) is 2. The van der Waals surface area contributed by atoms with Gasteiger partial charge in [-0.3, -0.25) is 4.79 Å². The molecule has 0 radical (unpaired) electrons. The van der Waals surface area contributed by atoms with Gasteiger partial charge in [-0.25, -0.2) is 4.98 Å². The molecule has 5 nitrogen and oxygen atoms in total. The number of carbonyl (C=O) groups is 1. The number of carbonyl (C=O) groups excluding carboxylic acids is 1. The summed E-state index contributed by atoms with van der Waals surface area (Å²) in [6.45, 7) is 2.70. The minimum absolute atomic E-state index is 0.0538. The van der Waals surface area contributed by atoms with Gasteiger partial charge in [0.05, 0.1) is 12.9 Å². The number of rotatable bonds is 8. The Morgan fingerprint density at radius 3 is 2.82 bits per heavy atom. The van der Waals surface area contributed by atoms with Crippen LogP contribution in [0.25, 0.3) is 0 Å². The molecule has 116 valence electrons. The molecule has 1 fully saturated rings. The Hall–Kier alpha value is -2.14. The van der Waals surface area contributed by atoms with Crippen molar-refractivity contribution in [2.24, 2.45) is 5.92 Å². The van der Waals surface area contributed by atoms with Gasteiger partial charge < -0.3 is 15.2 Å². The van der Waals surface area contributed by atoms with Gasteiger partial charge in [-0.2, -0.15) is 0 Å². The molecular weight excluding hydrogens is 276 g/mol. The fraction of sp³-hybridized carbons (Fsp3) is 0.412. The second kappa shape index (κ2) is 7.22. The van der Waals surface area contributed by atoms with Crippen molar-refractivity contribution in [3.8, 4) is 0 Å². The summed E-state index contributed by atoms with van der Waals surface area (Å²) in [7, 11) is 0. The average Bonchev–Trinajstić information content (AvgIpc) is 3.21. The molecule has 1 aliphatic carbocycles. The van der Waals surface area contributed by atoms with Crippen molar-refractivity contribution >= 4 is 5.91 Å². The summed E-state index contributed by atoms with van der Waals surface area (Å²) in [5.74, 6) is 0.849. The molecule has 0 spiro atoms. The van der Waals surface area contributed by atoms with Gasteiger partial charge in [0.25, 0.3) is 0 Å². The molecule has 0 aliphatic heterocycles. The van der Waals surface area contributed by atoms with Crippen molar-refractivity contribution in [3.63, 3.8) is 0 Å². The third kappa shape index (κ3) is 4.43. The van der Waals surface area contributed by atoms with E-state index in [0.717, 1.165) is 24.6 Å². The van der Waals surface area contributed by atoms with Gasteiger partial charge in [-0.1, -0.05) is 24.3 Å². The summed E-state index contributed by atoms with van der Waals surface area (Å²) in [5.41, 5.74) is 2.35. The van der Waals surface area contributed by atoms with E-state index in [-0.39, 0.29) is 5.91 Å². The van der Waals surface area contributed by atoms with E-state index in [1.54, 1.807) is 12.5 Å². The van der Waals surface area contributed by atoms with Gasteiger partial charge in [0.15, 0.2) is 0 Å². The van der Waals surface area contributed by atoms with Crippen LogP contribution < -0.4 is 10.6 Å². The highest BCUT2D eigenvalue weighted by molar-refractivity contribution is 5.78. The molecule has 2 N–H and O–H groups in total. The summed E-state index contributed by atoms with van der Waals surface area (Å²) in [6, 6.07) is 8.18. The average molecular weight is 298 g/mol. The largest absolute Gasteiger partial charge is 0.351 e. The van der Waals surface area contributed by atoms with Crippen molar-refractivity contribution in [2.75, 3.05) is 13.1 Å². The van der Waals surface area contributed by atoms with Crippen LogP contribution >= 0.6 is 0 Å². The summed E-state index contributed by atoms with van der Waals surface area (Å²) in [6.07, 6.45) is 8.12. The lowest BCUT2D eigenvalue weighted by atomic mass is 10.1. The van der Waals surface area contributed by atoms with Crippen LogP contribution in [0.5, 0.6) is 0 Å². The maximum Gasteiger partial charge on any atom is 0.234 e. The first-order valence-corrected chi connectivity index (χ1v) is 7.81. The molecular formula is C17H22N4O. The second-order valence-corrected chi connectivity index (χ2v) is 5.85. The first kappa shape index (κ1) is 14.8. The van der Waals surface area contributed by atoms with Gasteiger partial charge in [0, 0.05) is 25.5 Å². The lowest BCUT2D eigenvalue weighted by Gasteiger charge is -2.11. The summed E-state index contributed by atoms with van der Waals surface area (Å²) in [5, 5.41) is 6.20. The van der Waals surface area contributed by atoms with E-state index in [4.69, 9.17) is 0 Å². The van der Waals surface area contributed by atoms with Crippen molar-refractivity contribution in [2.45, 2.75) is 25.9 Å². The van der Waals surface area contributed by atoms with Crippen LogP contribution in [-0.4, -0.2) is 28.5 Å². The lowest BCUT2D eigenvalue weighted by Crippen LogP contribution is -2.34. The molecule has 1 amide bonds. The molecule has 22 heavy (non-hydrogen) atoms. The van der Waals surface area contributed by atoms with E-state index in [1.165, 1.54) is 18.4 Å². The zero-order valence-electron chi connectivity index (χ0n) is 12.7. The molecule has 0 saturated heterocycles. The Labute approximate surface area is 130 Å².